The lowest BCUT2D eigenvalue weighted by Crippen LogP contribution is -2.00. The molecular formula is C12H16N2O. The van der Waals surface area contributed by atoms with Gasteiger partial charge in [-0.15, -0.1) is 4.91 Å². The third kappa shape index (κ3) is 2.73. The summed E-state index contributed by atoms with van der Waals surface area (Å²) in [7, 11) is 0. The van der Waals surface area contributed by atoms with Crippen LogP contribution >= 0.6 is 0 Å². The van der Waals surface area contributed by atoms with E-state index in [0.717, 1.165) is 17.5 Å². The molecular weight excluding hydrogens is 188 g/mol. The number of benzene rings is 1. The van der Waals surface area contributed by atoms with Crippen LogP contribution in [-0.2, 0) is 0 Å². The topological polar surface area (TPSA) is 55.4 Å². The SMILES string of the molecule is C/C=C(/CCN)c1cc(N=O)ccc1C. The van der Waals surface area contributed by atoms with Gasteiger partial charge in [-0.2, -0.15) is 0 Å². The molecule has 1 aromatic carbocycles. The third-order valence-corrected chi connectivity index (χ3v) is 2.43. The number of nitrogens with zero attached hydrogens (tertiary/aromatic N) is 1. The molecule has 0 heterocycles. The molecule has 0 aliphatic rings. The van der Waals surface area contributed by atoms with Gasteiger partial charge in [0.05, 0.1) is 0 Å². The molecule has 1 aromatic rings. The standard InChI is InChI=1S/C12H16N2O/c1-3-10(6-7-13)12-8-11(14-15)5-4-9(12)2/h3-5,8H,6-7,13H2,1-2H3/b10-3-. The van der Waals surface area contributed by atoms with E-state index >= 15 is 0 Å². The molecule has 0 aromatic heterocycles. The zero-order valence-electron chi connectivity index (χ0n) is 9.16. The van der Waals surface area contributed by atoms with Gasteiger partial charge in [-0.1, -0.05) is 12.1 Å². The minimum Gasteiger partial charge on any atom is -0.330 e. The maximum Gasteiger partial charge on any atom is 0.108 e. The van der Waals surface area contributed by atoms with Crippen LogP contribution in [0.2, 0.25) is 0 Å². The summed E-state index contributed by atoms with van der Waals surface area (Å²) in [5, 5.41) is 2.94. The van der Waals surface area contributed by atoms with E-state index in [4.69, 9.17) is 5.73 Å². The van der Waals surface area contributed by atoms with Crippen molar-refractivity contribution in [2.24, 2.45) is 10.9 Å². The van der Waals surface area contributed by atoms with Crippen LogP contribution in [0.4, 0.5) is 5.69 Å². The second kappa shape index (κ2) is 5.41. The Kier molecular flexibility index (Phi) is 4.18. The first-order chi connectivity index (χ1) is 7.22. The van der Waals surface area contributed by atoms with Gasteiger partial charge in [0.15, 0.2) is 0 Å². The molecule has 0 atom stereocenters. The second-order valence-electron chi connectivity index (χ2n) is 3.44. The molecule has 0 fully saturated rings. The average Bonchev–Trinajstić information content (AvgIpc) is 2.27. The Bertz CT molecular complexity index is 383. The van der Waals surface area contributed by atoms with E-state index in [1.807, 2.05) is 32.1 Å². The van der Waals surface area contributed by atoms with Crippen LogP contribution in [-0.4, -0.2) is 6.54 Å². The highest BCUT2D eigenvalue weighted by Crippen LogP contribution is 2.25. The van der Waals surface area contributed by atoms with E-state index in [2.05, 4.69) is 5.18 Å². The molecule has 0 saturated heterocycles. The molecule has 0 amide bonds. The molecule has 0 bridgehead atoms. The molecule has 2 N–H and O–H groups in total. The fourth-order valence-electron chi connectivity index (χ4n) is 1.60. The first-order valence-corrected chi connectivity index (χ1v) is 5.02. The van der Waals surface area contributed by atoms with E-state index in [1.54, 1.807) is 6.07 Å². The van der Waals surface area contributed by atoms with Gasteiger partial charge < -0.3 is 5.73 Å². The summed E-state index contributed by atoms with van der Waals surface area (Å²) in [5.41, 5.74) is 9.38. The molecule has 0 spiro atoms. The van der Waals surface area contributed by atoms with E-state index in [1.165, 1.54) is 5.57 Å². The second-order valence-corrected chi connectivity index (χ2v) is 3.44. The Morgan fingerprint density at radius 3 is 2.80 bits per heavy atom. The highest BCUT2D eigenvalue weighted by molar-refractivity contribution is 5.70. The van der Waals surface area contributed by atoms with Crippen LogP contribution in [0.5, 0.6) is 0 Å². The minimum atomic E-state index is 0.465. The molecule has 0 saturated carbocycles. The van der Waals surface area contributed by atoms with Gasteiger partial charge in [0.1, 0.15) is 5.69 Å². The summed E-state index contributed by atoms with van der Waals surface area (Å²) >= 11 is 0. The molecule has 1 rings (SSSR count). The van der Waals surface area contributed by atoms with Crippen molar-refractivity contribution < 1.29 is 0 Å². The van der Waals surface area contributed by atoms with Crippen molar-refractivity contribution in [2.75, 3.05) is 6.54 Å². The number of hydrogen-bond acceptors (Lipinski definition) is 3. The zero-order chi connectivity index (χ0) is 11.3. The monoisotopic (exact) mass is 204 g/mol. The van der Waals surface area contributed by atoms with Crippen LogP contribution < -0.4 is 5.73 Å². The summed E-state index contributed by atoms with van der Waals surface area (Å²) in [6.45, 7) is 4.60. The van der Waals surface area contributed by atoms with Crippen molar-refractivity contribution in [3.8, 4) is 0 Å². The Balaban J connectivity index is 3.15. The number of allylic oxidation sites excluding steroid dienone is 1. The highest BCUT2D eigenvalue weighted by atomic mass is 16.3. The van der Waals surface area contributed by atoms with Crippen molar-refractivity contribution >= 4 is 11.3 Å². The predicted octanol–water partition coefficient (Wildman–Crippen LogP) is 3.15. The van der Waals surface area contributed by atoms with E-state index in [9.17, 15) is 4.91 Å². The first kappa shape index (κ1) is 11.6. The summed E-state index contributed by atoms with van der Waals surface area (Å²) in [4.78, 5) is 10.4. The van der Waals surface area contributed by atoms with Gasteiger partial charge in [-0.05, 0) is 60.8 Å². The number of nitrogens with two attached hydrogens (primary N) is 1. The van der Waals surface area contributed by atoms with Crippen LogP contribution in [0.3, 0.4) is 0 Å². The Hall–Kier alpha value is -1.48. The highest BCUT2D eigenvalue weighted by Gasteiger charge is 2.05. The van der Waals surface area contributed by atoms with Gasteiger partial charge >= 0.3 is 0 Å². The van der Waals surface area contributed by atoms with Gasteiger partial charge in [-0.3, -0.25) is 0 Å². The van der Waals surface area contributed by atoms with Crippen molar-refractivity contribution in [3.05, 3.63) is 40.3 Å². The van der Waals surface area contributed by atoms with Gasteiger partial charge in [0, 0.05) is 0 Å². The van der Waals surface area contributed by atoms with Gasteiger partial charge in [-0.25, -0.2) is 0 Å². The van der Waals surface area contributed by atoms with Crippen molar-refractivity contribution in [1.29, 1.82) is 0 Å². The maximum atomic E-state index is 10.4. The van der Waals surface area contributed by atoms with E-state index < -0.39 is 0 Å². The van der Waals surface area contributed by atoms with Crippen molar-refractivity contribution in [1.82, 2.24) is 0 Å². The quantitative estimate of drug-likeness (QED) is 0.766. The normalized spacial score (nSPS) is 11.5. The summed E-state index contributed by atoms with van der Waals surface area (Å²) in [5.74, 6) is 0. The Labute approximate surface area is 90.0 Å². The minimum absolute atomic E-state index is 0.465. The lowest BCUT2D eigenvalue weighted by molar-refractivity contribution is 1.02. The number of rotatable bonds is 4. The third-order valence-electron chi connectivity index (χ3n) is 2.43. The molecule has 0 aliphatic heterocycles. The summed E-state index contributed by atoms with van der Waals surface area (Å²) in [6.07, 6.45) is 2.85. The lowest BCUT2D eigenvalue weighted by atomic mass is 9.97. The van der Waals surface area contributed by atoms with Crippen LogP contribution in [0.1, 0.15) is 24.5 Å². The molecule has 15 heavy (non-hydrogen) atoms. The Morgan fingerprint density at radius 1 is 1.53 bits per heavy atom. The smallest absolute Gasteiger partial charge is 0.108 e. The summed E-state index contributed by atoms with van der Waals surface area (Å²) < 4.78 is 0. The van der Waals surface area contributed by atoms with Crippen LogP contribution in [0.15, 0.2) is 29.5 Å². The van der Waals surface area contributed by atoms with Crippen molar-refractivity contribution in [2.45, 2.75) is 20.3 Å². The number of aryl methyl sites for hydroxylation is 1. The maximum absolute atomic E-state index is 10.4. The van der Waals surface area contributed by atoms with E-state index in [-0.39, 0.29) is 0 Å². The van der Waals surface area contributed by atoms with Crippen molar-refractivity contribution in [3.63, 3.8) is 0 Å². The summed E-state index contributed by atoms with van der Waals surface area (Å²) in [6, 6.07) is 5.45. The Morgan fingerprint density at radius 2 is 2.27 bits per heavy atom. The molecule has 3 heteroatoms. The fraction of sp³-hybridized carbons (Fsp3) is 0.333. The lowest BCUT2D eigenvalue weighted by Gasteiger charge is -2.09. The zero-order valence-corrected chi connectivity index (χ0v) is 9.16. The number of nitroso groups, excluding NO2 is 1. The molecule has 0 radical (unpaired) electrons. The molecule has 80 valence electrons. The van der Waals surface area contributed by atoms with Gasteiger partial charge in [0.2, 0.25) is 0 Å². The number of hydrogen-bond donors (Lipinski definition) is 1. The molecule has 0 unspecified atom stereocenters. The molecule has 3 nitrogen and oxygen atoms in total. The van der Waals surface area contributed by atoms with E-state index in [0.29, 0.717) is 12.2 Å². The fourth-order valence-corrected chi connectivity index (χ4v) is 1.60. The molecule has 0 aliphatic carbocycles. The average molecular weight is 204 g/mol. The largest absolute Gasteiger partial charge is 0.330 e. The predicted molar refractivity (Wildman–Crippen MR) is 64.0 cm³/mol. The first-order valence-electron chi connectivity index (χ1n) is 5.02. The van der Waals surface area contributed by atoms with Crippen LogP contribution in [0.25, 0.3) is 5.57 Å². The van der Waals surface area contributed by atoms with Gasteiger partial charge in [0.25, 0.3) is 0 Å². The van der Waals surface area contributed by atoms with Crippen LogP contribution in [0, 0.1) is 11.8 Å².